The zero-order valence-corrected chi connectivity index (χ0v) is 12.2. The van der Waals surface area contributed by atoms with E-state index in [4.69, 9.17) is 5.73 Å². The van der Waals surface area contributed by atoms with E-state index in [1.54, 1.807) is 18.2 Å². The van der Waals surface area contributed by atoms with E-state index < -0.39 is 10.0 Å². The molecule has 0 amide bonds. The molecule has 0 heterocycles. The lowest BCUT2D eigenvalue weighted by atomic mass is 10.2. The van der Waals surface area contributed by atoms with E-state index >= 15 is 0 Å². The van der Waals surface area contributed by atoms with Crippen LogP contribution in [0.25, 0.3) is 0 Å². The van der Waals surface area contributed by atoms with Crippen molar-refractivity contribution in [2.45, 2.75) is 11.4 Å². The molecular weight excluding hydrogens is 292 g/mol. The number of hydrogen-bond acceptors (Lipinski definition) is 5. The second-order valence-corrected chi connectivity index (χ2v) is 6.66. The number of benzene rings is 2. The minimum Gasteiger partial charge on any atom is -0.508 e. The van der Waals surface area contributed by atoms with Gasteiger partial charge >= 0.3 is 0 Å². The van der Waals surface area contributed by atoms with Crippen LogP contribution < -0.4 is 5.73 Å². The number of phenols is 2. The highest BCUT2D eigenvalue weighted by Gasteiger charge is 2.22. The number of rotatable bonds is 4. The molecule has 2 rings (SSSR count). The molecule has 0 aliphatic rings. The third kappa shape index (κ3) is 3.09. The molecule has 4 N–H and O–H groups in total. The summed E-state index contributed by atoms with van der Waals surface area (Å²) < 4.78 is 25.9. The smallest absolute Gasteiger partial charge is 0.243 e. The molecule has 0 aromatic heterocycles. The summed E-state index contributed by atoms with van der Waals surface area (Å²) in [5.74, 6) is -0.137. The first-order chi connectivity index (χ1) is 9.82. The fourth-order valence-corrected chi connectivity index (χ4v) is 3.03. The van der Waals surface area contributed by atoms with Crippen LogP contribution in [0.4, 0.5) is 5.69 Å². The van der Waals surface area contributed by atoms with Crippen molar-refractivity contribution < 1.29 is 18.6 Å². The first-order valence-electron chi connectivity index (χ1n) is 6.14. The number of sulfonamides is 1. The Morgan fingerprint density at radius 2 is 1.76 bits per heavy atom. The SMILES string of the molecule is CN(Cc1ccccc1O)S(=O)(=O)c1ccc(O)c(N)c1. The molecule has 0 aliphatic heterocycles. The Morgan fingerprint density at radius 3 is 2.38 bits per heavy atom. The predicted molar refractivity (Wildman–Crippen MR) is 79.3 cm³/mol. The zero-order chi connectivity index (χ0) is 15.6. The number of nitrogen functional groups attached to an aromatic ring is 1. The van der Waals surface area contributed by atoms with Gasteiger partial charge in [0, 0.05) is 19.2 Å². The molecule has 6 nitrogen and oxygen atoms in total. The third-order valence-corrected chi connectivity index (χ3v) is 4.89. The Morgan fingerprint density at radius 1 is 1.10 bits per heavy atom. The van der Waals surface area contributed by atoms with E-state index in [0.29, 0.717) is 5.56 Å². The molecule has 0 fully saturated rings. The van der Waals surface area contributed by atoms with Crippen LogP contribution in [0.2, 0.25) is 0 Å². The van der Waals surface area contributed by atoms with Gasteiger partial charge in [0.25, 0.3) is 0 Å². The van der Waals surface area contributed by atoms with Crippen molar-refractivity contribution in [3.63, 3.8) is 0 Å². The van der Waals surface area contributed by atoms with Gasteiger partial charge in [-0.05, 0) is 24.3 Å². The van der Waals surface area contributed by atoms with Crippen LogP contribution in [0.15, 0.2) is 47.4 Å². The third-order valence-electron chi connectivity index (χ3n) is 3.09. The van der Waals surface area contributed by atoms with E-state index in [1.165, 1.54) is 31.3 Å². The lowest BCUT2D eigenvalue weighted by molar-refractivity contribution is 0.435. The Hall–Kier alpha value is -2.25. The summed E-state index contributed by atoms with van der Waals surface area (Å²) in [6, 6.07) is 10.2. The van der Waals surface area contributed by atoms with Crippen LogP contribution in [-0.4, -0.2) is 30.0 Å². The Bertz CT molecular complexity index is 759. The van der Waals surface area contributed by atoms with Gasteiger partial charge in [-0.25, -0.2) is 8.42 Å². The molecular formula is C14H16N2O4S. The van der Waals surface area contributed by atoms with Crippen LogP contribution in [0.1, 0.15) is 5.56 Å². The fourth-order valence-electron chi connectivity index (χ4n) is 1.84. The molecule has 0 saturated carbocycles. The van der Waals surface area contributed by atoms with Gasteiger partial charge in [-0.3, -0.25) is 0 Å². The summed E-state index contributed by atoms with van der Waals surface area (Å²) in [4.78, 5) is -0.0179. The van der Waals surface area contributed by atoms with Gasteiger partial charge in [0.15, 0.2) is 0 Å². The van der Waals surface area contributed by atoms with Gasteiger partial charge in [0.2, 0.25) is 10.0 Å². The maximum absolute atomic E-state index is 12.4. The molecule has 2 aromatic rings. The number of nitrogens with two attached hydrogens (primary N) is 1. The van der Waals surface area contributed by atoms with Gasteiger partial charge < -0.3 is 15.9 Å². The summed E-state index contributed by atoms with van der Waals surface area (Å²) >= 11 is 0. The van der Waals surface area contributed by atoms with Crippen LogP contribution in [-0.2, 0) is 16.6 Å². The number of para-hydroxylation sites is 1. The lowest BCUT2D eigenvalue weighted by Gasteiger charge is -2.18. The maximum Gasteiger partial charge on any atom is 0.243 e. The van der Waals surface area contributed by atoms with Crippen LogP contribution in [0.5, 0.6) is 11.5 Å². The number of aromatic hydroxyl groups is 2. The van der Waals surface area contributed by atoms with Crippen molar-refractivity contribution in [3.8, 4) is 11.5 Å². The van der Waals surface area contributed by atoms with Gasteiger partial charge in [0.1, 0.15) is 11.5 Å². The van der Waals surface area contributed by atoms with E-state index in [1.807, 2.05) is 0 Å². The monoisotopic (exact) mass is 308 g/mol. The minimum absolute atomic E-state index is 0.00738. The van der Waals surface area contributed by atoms with Gasteiger partial charge in [-0.2, -0.15) is 4.31 Å². The number of hydrogen-bond donors (Lipinski definition) is 3. The summed E-state index contributed by atoms with van der Waals surface area (Å²) in [5, 5.41) is 19.1. The molecule has 0 aliphatic carbocycles. The normalized spacial score (nSPS) is 11.7. The number of anilines is 1. The first kappa shape index (κ1) is 15.1. The highest BCUT2D eigenvalue weighted by molar-refractivity contribution is 7.89. The Balaban J connectivity index is 2.30. The van der Waals surface area contributed by atoms with Crippen LogP contribution >= 0.6 is 0 Å². The average molecular weight is 308 g/mol. The second-order valence-electron chi connectivity index (χ2n) is 4.61. The molecule has 0 spiro atoms. The highest BCUT2D eigenvalue weighted by atomic mass is 32.2. The maximum atomic E-state index is 12.4. The summed E-state index contributed by atoms with van der Waals surface area (Å²) in [6.07, 6.45) is 0. The molecule has 112 valence electrons. The highest BCUT2D eigenvalue weighted by Crippen LogP contribution is 2.26. The largest absolute Gasteiger partial charge is 0.508 e. The molecule has 0 bridgehead atoms. The van der Waals surface area contributed by atoms with Gasteiger partial charge in [-0.15, -0.1) is 0 Å². The van der Waals surface area contributed by atoms with Crippen molar-refractivity contribution in [2.75, 3.05) is 12.8 Å². The van der Waals surface area contributed by atoms with Crippen molar-refractivity contribution in [2.24, 2.45) is 0 Å². The summed E-state index contributed by atoms with van der Waals surface area (Å²) in [6.45, 7) is 0.0236. The van der Waals surface area contributed by atoms with Crippen LogP contribution in [0.3, 0.4) is 0 Å². The topological polar surface area (TPSA) is 104 Å². The summed E-state index contributed by atoms with van der Waals surface area (Å²) in [7, 11) is -2.35. The zero-order valence-electron chi connectivity index (χ0n) is 11.4. The van der Waals surface area contributed by atoms with Crippen molar-refractivity contribution >= 4 is 15.7 Å². The van der Waals surface area contributed by atoms with E-state index in [-0.39, 0.29) is 28.6 Å². The average Bonchev–Trinajstić information content (AvgIpc) is 2.44. The number of phenolic OH excluding ortho intramolecular Hbond substituents is 2. The first-order valence-corrected chi connectivity index (χ1v) is 7.58. The van der Waals surface area contributed by atoms with Gasteiger partial charge in [0.05, 0.1) is 10.6 Å². The molecule has 21 heavy (non-hydrogen) atoms. The molecule has 7 heteroatoms. The van der Waals surface area contributed by atoms with Crippen molar-refractivity contribution in [3.05, 3.63) is 48.0 Å². The van der Waals surface area contributed by atoms with E-state index in [2.05, 4.69) is 0 Å². The molecule has 2 aromatic carbocycles. The molecule has 0 unspecified atom stereocenters. The van der Waals surface area contributed by atoms with E-state index in [9.17, 15) is 18.6 Å². The van der Waals surface area contributed by atoms with E-state index in [0.717, 1.165) is 4.31 Å². The van der Waals surface area contributed by atoms with Crippen molar-refractivity contribution in [1.29, 1.82) is 0 Å². The Kier molecular flexibility index (Phi) is 4.06. The Labute approximate surface area is 123 Å². The predicted octanol–water partition coefficient (Wildman–Crippen LogP) is 1.50. The second kappa shape index (κ2) is 5.63. The molecule has 0 atom stereocenters. The minimum atomic E-state index is -3.76. The lowest BCUT2D eigenvalue weighted by Crippen LogP contribution is -2.26. The molecule has 0 radical (unpaired) electrons. The quantitative estimate of drug-likeness (QED) is 0.586. The molecule has 0 saturated heterocycles. The van der Waals surface area contributed by atoms with Crippen molar-refractivity contribution in [1.82, 2.24) is 4.31 Å². The standard InChI is InChI=1S/C14H16N2O4S/c1-16(9-10-4-2-3-5-13(10)17)21(19,20)11-6-7-14(18)12(15)8-11/h2-8,17-18H,9,15H2,1H3. The fraction of sp³-hybridized carbons (Fsp3) is 0.143. The van der Waals surface area contributed by atoms with Crippen LogP contribution in [0, 0.1) is 0 Å². The number of nitrogens with zero attached hydrogens (tertiary/aromatic N) is 1. The summed E-state index contributed by atoms with van der Waals surface area (Å²) in [5.41, 5.74) is 6.01. The van der Waals surface area contributed by atoms with Gasteiger partial charge in [-0.1, -0.05) is 18.2 Å².